The van der Waals surface area contributed by atoms with Crippen molar-refractivity contribution in [1.82, 2.24) is 30.4 Å². The number of hydrazone groups is 1. The largest absolute Gasteiger partial charge is 0.291 e. The summed E-state index contributed by atoms with van der Waals surface area (Å²) in [6.45, 7) is 58.4. The zero-order chi connectivity index (χ0) is 63.3. The van der Waals surface area contributed by atoms with Crippen LogP contribution in [0.1, 0.15) is 327 Å². The highest BCUT2D eigenvalue weighted by atomic mass is 19.3. The molecule has 0 bridgehead atoms. The number of fused-ring (bicyclic) bond motifs is 6. The van der Waals surface area contributed by atoms with Crippen LogP contribution in [0.5, 0.6) is 0 Å². The summed E-state index contributed by atoms with van der Waals surface area (Å²) in [7, 11) is 0. The van der Waals surface area contributed by atoms with E-state index in [1.807, 2.05) is 20.8 Å². The lowest BCUT2D eigenvalue weighted by Gasteiger charge is -2.36. The number of hydrogen-bond donors (Lipinski definition) is 1. The second-order valence-electron chi connectivity index (χ2n) is 35.8. The first-order valence-corrected chi connectivity index (χ1v) is 33.5. The Morgan fingerprint density at radius 1 is 0.458 bits per heavy atom. The molecular formula is C70H133F2N11. The molecule has 6 aliphatic carbocycles. The molecule has 5 saturated carbocycles. The minimum atomic E-state index is -2.80. The van der Waals surface area contributed by atoms with Crippen LogP contribution in [-0.4, -0.2) is 66.0 Å². The van der Waals surface area contributed by atoms with Crippen LogP contribution in [0.3, 0.4) is 0 Å². The molecular weight excluding hydrogens is 1030 g/mol. The van der Waals surface area contributed by atoms with E-state index in [-0.39, 0.29) is 23.2 Å². The van der Waals surface area contributed by atoms with Crippen molar-refractivity contribution in [1.29, 1.82) is 0 Å². The van der Waals surface area contributed by atoms with Gasteiger partial charge in [0, 0.05) is 23.7 Å². The van der Waals surface area contributed by atoms with E-state index >= 15 is 0 Å². The molecule has 11 nitrogen and oxygen atoms in total. The quantitative estimate of drug-likeness (QED) is 0.278. The van der Waals surface area contributed by atoms with Gasteiger partial charge in [0.25, 0.3) is 5.92 Å². The third-order valence-electron chi connectivity index (χ3n) is 15.6. The van der Waals surface area contributed by atoms with Crippen molar-refractivity contribution < 1.29 is 8.78 Å². The van der Waals surface area contributed by atoms with Gasteiger partial charge in [0.2, 0.25) is 0 Å². The number of nitrogens with one attached hydrogen (secondary N) is 1. The van der Waals surface area contributed by atoms with Gasteiger partial charge >= 0.3 is 0 Å². The van der Waals surface area contributed by atoms with Gasteiger partial charge in [0.05, 0.1) is 46.5 Å². The Kier molecular flexibility index (Phi) is 27.5. The average molecular weight is 1170 g/mol. The van der Waals surface area contributed by atoms with Gasteiger partial charge in [-0.15, -0.1) is 5.10 Å². The highest BCUT2D eigenvalue weighted by Gasteiger charge is 2.46. The third-order valence-corrected chi connectivity index (χ3v) is 15.6. The van der Waals surface area contributed by atoms with Crippen LogP contribution in [0, 0.1) is 51.2 Å². The van der Waals surface area contributed by atoms with Gasteiger partial charge in [-0.05, 0) is 223 Å². The van der Waals surface area contributed by atoms with E-state index in [4.69, 9.17) is 0 Å². The fraction of sp³-hybridized carbons (Fsp3) is 0.929. The summed E-state index contributed by atoms with van der Waals surface area (Å²) in [5, 5.41) is 34.6. The van der Waals surface area contributed by atoms with Crippen molar-refractivity contribution in [2.45, 2.75) is 368 Å². The van der Waals surface area contributed by atoms with Gasteiger partial charge in [-0.3, -0.25) is 15.4 Å². The molecule has 1 aromatic heterocycles. The second kappa shape index (κ2) is 30.8. The summed E-state index contributed by atoms with van der Waals surface area (Å²) < 4.78 is 29.7. The second-order valence-corrected chi connectivity index (χ2v) is 35.8. The fourth-order valence-electron chi connectivity index (χ4n) is 11.7. The van der Waals surface area contributed by atoms with E-state index < -0.39 is 11.5 Å². The smallest absolute Gasteiger partial charge is 0.283 e. The lowest BCUT2D eigenvalue weighted by molar-refractivity contribution is -0.0302. The molecule has 0 amide bonds. The first-order valence-electron chi connectivity index (χ1n) is 33.5. The van der Waals surface area contributed by atoms with Gasteiger partial charge in [-0.25, -0.2) is 4.68 Å². The van der Waals surface area contributed by atoms with E-state index in [0.717, 1.165) is 36.5 Å². The molecule has 83 heavy (non-hydrogen) atoms. The first-order chi connectivity index (χ1) is 37.7. The minimum absolute atomic E-state index is 0.0321. The number of halogens is 2. The first kappa shape index (κ1) is 74.3. The molecule has 0 spiro atoms. The Balaban J connectivity index is 0.000000262. The van der Waals surface area contributed by atoms with E-state index in [1.165, 1.54) is 119 Å². The Bertz CT molecular complexity index is 2120. The maximum Gasteiger partial charge on any atom is 0.291 e. The standard InChI is InChI=1S/C13H23N3.C13H20N2.C12H19F2N3.C12H23N3.4C5H12/c1-13(2,3)16-12-7-5-10-8-9(10)4-6-11(12)14-15-16;1-8-12-5-3-10-7-11(10)4-6-13(12)9(2)15-14-8;1-11(2,3)17-10-9(15-16-17)7-5-4-6-8-12(10,13)14;1-12(2,3)15-11-9-7-5-4-6-8-10(11)13-14-15;4*1-5(2,3)4/h9-12H,4-8H2,1-3H3;10-12,15H,3-7H2,1-2H3;4-8H2,1-3H3;10-11H,4-9H2,1-3H3;4*1-4H3. The number of allylic oxidation sites excluding steroid dienone is 2. The van der Waals surface area contributed by atoms with Crippen LogP contribution in [0.2, 0.25) is 0 Å². The van der Waals surface area contributed by atoms with Crippen LogP contribution >= 0.6 is 0 Å². The number of hydrogen-bond acceptors (Lipinski definition) is 10. The molecule has 1 N–H and O–H groups in total. The molecule has 0 aromatic carbocycles. The summed E-state index contributed by atoms with van der Waals surface area (Å²) in [6.07, 6.45) is 24.7. The highest BCUT2D eigenvalue weighted by Crippen LogP contribution is 2.51. The average Bonchev–Trinajstić information content (AvgIpc) is 3.97. The van der Waals surface area contributed by atoms with E-state index in [0.29, 0.717) is 70.3 Å². The molecule has 0 radical (unpaired) electrons. The zero-order valence-electron chi connectivity index (χ0n) is 59.3. The highest BCUT2D eigenvalue weighted by molar-refractivity contribution is 5.87. The molecule has 1 aromatic rings. The van der Waals surface area contributed by atoms with Gasteiger partial charge in [0.15, 0.2) is 0 Å². The van der Waals surface area contributed by atoms with Gasteiger partial charge < -0.3 is 0 Å². The van der Waals surface area contributed by atoms with Crippen molar-refractivity contribution >= 4 is 5.71 Å². The molecule has 5 fully saturated rings. The van der Waals surface area contributed by atoms with E-state index in [1.54, 1.807) is 5.57 Å². The molecule has 482 valence electrons. The lowest BCUT2D eigenvalue weighted by atomic mass is 9.82. The normalized spacial score (nSPS) is 28.2. The number of aryl methyl sites for hydroxylation is 1. The summed E-state index contributed by atoms with van der Waals surface area (Å²) >= 11 is 0. The van der Waals surface area contributed by atoms with Gasteiger partial charge in [-0.2, -0.15) is 24.1 Å². The van der Waals surface area contributed by atoms with Gasteiger partial charge in [-0.1, -0.05) is 159 Å². The number of nitrogens with zero attached hydrogens (tertiary/aromatic N) is 10. The summed E-state index contributed by atoms with van der Waals surface area (Å²) in [4.78, 5) is 0. The predicted octanol–water partition coefficient (Wildman–Crippen LogP) is 21.5. The third kappa shape index (κ3) is 29.0. The van der Waals surface area contributed by atoms with Crippen LogP contribution in [0.4, 0.5) is 8.78 Å². The maximum absolute atomic E-state index is 14.2. The lowest BCUT2D eigenvalue weighted by Crippen LogP contribution is -2.46. The Morgan fingerprint density at radius 2 is 0.880 bits per heavy atom. The van der Waals surface area contributed by atoms with Crippen LogP contribution in [-0.2, 0) is 17.9 Å². The zero-order valence-corrected chi connectivity index (χ0v) is 59.3. The van der Waals surface area contributed by atoms with Crippen molar-refractivity contribution in [3.8, 4) is 0 Å². The topological polar surface area (TPSA) is 111 Å². The number of rotatable bonds is 0. The molecule has 0 saturated heterocycles. The van der Waals surface area contributed by atoms with Crippen LogP contribution in [0.15, 0.2) is 37.0 Å². The molecule has 13 heteroatoms. The van der Waals surface area contributed by atoms with Crippen LogP contribution in [0.25, 0.3) is 0 Å². The number of aromatic nitrogens is 3. The van der Waals surface area contributed by atoms with Gasteiger partial charge in [0.1, 0.15) is 5.69 Å². The molecule has 9 aliphatic rings. The summed E-state index contributed by atoms with van der Waals surface area (Å²) in [5.41, 5.74) is 9.76. The SMILES string of the molecule is CC(C)(C)C.CC(C)(C)C.CC(C)(C)C.CC(C)(C)C.CC(C)(C)N1N=NC2CCC3CC3CCC21.CC(C)(C)N1N=NC2CCCCCCC21.CC(C)(C)n1nnc2c1C(F)(F)CCCCC2.CC1=NNC(C)=C2CCC3CC3CCC12. The van der Waals surface area contributed by atoms with Crippen molar-refractivity contribution in [2.24, 2.45) is 77.0 Å². The summed E-state index contributed by atoms with van der Waals surface area (Å²) in [5.74, 6) is 2.07. The summed E-state index contributed by atoms with van der Waals surface area (Å²) in [6, 6.07) is 2.12. The van der Waals surface area contributed by atoms with Crippen molar-refractivity contribution in [3.05, 3.63) is 22.7 Å². The Labute approximate surface area is 510 Å². The minimum Gasteiger partial charge on any atom is -0.283 e. The van der Waals surface area contributed by atoms with Crippen LogP contribution < -0.4 is 5.43 Å². The van der Waals surface area contributed by atoms with Crippen molar-refractivity contribution in [2.75, 3.05) is 0 Å². The fourth-order valence-corrected chi connectivity index (χ4v) is 11.7. The molecule has 4 heterocycles. The monoisotopic (exact) mass is 1170 g/mol. The van der Waals surface area contributed by atoms with E-state index in [2.05, 4.69) is 218 Å². The van der Waals surface area contributed by atoms with Crippen molar-refractivity contribution in [3.63, 3.8) is 0 Å². The molecule has 9 atom stereocenters. The maximum atomic E-state index is 14.2. The number of alkyl halides is 2. The molecule has 10 rings (SSSR count). The Morgan fingerprint density at radius 3 is 1.36 bits per heavy atom. The van der Waals surface area contributed by atoms with E-state index in [9.17, 15) is 8.78 Å². The molecule has 9 unspecified atom stereocenters. The Hall–Kier alpha value is -2.99. The predicted molar refractivity (Wildman–Crippen MR) is 350 cm³/mol. The molecule has 3 aliphatic heterocycles.